The Morgan fingerprint density at radius 1 is 0.609 bits per heavy atom. The van der Waals surface area contributed by atoms with Gasteiger partial charge in [0, 0.05) is 39.0 Å². The van der Waals surface area contributed by atoms with Crippen LogP contribution in [0.5, 0.6) is 0 Å². The molecule has 2 heterocycles. The van der Waals surface area contributed by atoms with Crippen LogP contribution in [-0.2, 0) is 11.8 Å². The standard InChI is InChI=1S/C42H32N4/c1-42(2)35-22-11-9-20-31(35)33-25-34-32-21-10-12-23-37(32)46(38(34)26-36(33)42)30-19-13-18-29(24-30)41-44-39(27-14-5-3-6-15-27)43-40(45-41)28-16-7-4-8-17-28/h3-25,36H,26H2,1-2H3. The highest BCUT2D eigenvalue weighted by Crippen LogP contribution is 2.55. The van der Waals surface area contributed by atoms with Gasteiger partial charge in [0.25, 0.3) is 0 Å². The Morgan fingerprint density at radius 3 is 1.91 bits per heavy atom. The predicted octanol–water partition coefficient (Wildman–Crippen LogP) is 9.82. The van der Waals surface area contributed by atoms with Crippen molar-refractivity contribution < 1.29 is 0 Å². The van der Waals surface area contributed by atoms with E-state index in [2.05, 4.69) is 97.3 Å². The van der Waals surface area contributed by atoms with Crippen molar-refractivity contribution >= 4 is 22.6 Å². The topological polar surface area (TPSA) is 43.6 Å². The number of para-hydroxylation sites is 1. The van der Waals surface area contributed by atoms with Gasteiger partial charge in [-0.05, 0) is 58.7 Å². The summed E-state index contributed by atoms with van der Waals surface area (Å²) in [6, 6.07) is 46.8. The Bertz CT molecular complexity index is 2250. The third kappa shape index (κ3) is 4.10. The number of aromatic nitrogens is 4. The van der Waals surface area contributed by atoms with E-state index in [1.54, 1.807) is 0 Å². The SMILES string of the molecule is CC1(C)c2ccccc2C2=Cc3c(n(-c4cccc(-c5nc(-c6ccccc6)nc(-c6ccccc6)n5)c4)c4ccccc34)CC21. The van der Waals surface area contributed by atoms with E-state index in [9.17, 15) is 0 Å². The van der Waals surface area contributed by atoms with Crippen LogP contribution in [0.4, 0.5) is 0 Å². The molecule has 46 heavy (non-hydrogen) atoms. The van der Waals surface area contributed by atoms with Crippen molar-refractivity contribution in [3.63, 3.8) is 0 Å². The number of nitrogens with zero attached hydrogens (tertiary/aromatic N) is 4. The average molecular weight is 593 g/mol. The van der Waals surface area contributed by atoms with Crippen LogP contribution in [0.2, 0.25) is 0 Å². The van der Waals surface area contributed by atoms with Gasteiger partial charge in [-0.15, -0.1) is 0 Å². The van der Waals surface area contributed by atoms with Gasteiger partial charge in [0.15, 0.2) is 17.5 Å². The molecule has 2 aliphatic rings. The Labute approximate surface area is 268 Å². The molecule has 0 aliphatic heterocycles. The van der Waals surface area contributed by atoms with Crippen LogP contribution >= 0.6 is 0 Å². The summed E-state index contributed by atoms with van der Waals surface area (Å²) < 4.78 is 2.47. The first-order chi connectivity index (χ1) is 22.6. The van der Waals surface area contributed by atoms with E-state index in [-0.39, 0.29) is 5.41 Å². The van der Waals surface area contributed by atoms with E-state index in [0.717, 1.165) is 28.8 Å². The molecule has 0 radical (unpaired) electrons. The molecule has 0 bridgehead atoms. The van der Waals surface area contributed by atoms with Gasteiger partial charge in [-0.2, -0.15) is 0 Å². The third-order valence-corrected chi connectivity index (χ3v) is 9.95. The minimum absolute atomic E-state index is 0.0514. The second kappa shape index (κ2) is 10.2. The van der Waals surface area contributed by atoms with E-state index in [1.165, 1.54) is 38.9 Å². The van der Waals surface area contributed by atoms with Gasteiger partial charge in [0.1, 0.15) is 0 Å². The molecule has 1 unspecified atom stereocenters. The highest BCUT2D eigenvalue weighted by molar-refractivity contribution is 6.01. The molecule has 0 saturated heterocycles. The molecule has 9 rings (SSSR count). The molecule has 0 amide bonds. The number of fused-ring (bicyclic) bond motifs is 6. The van der Waals surface area contributed by atoms with Crippen molar-refractivity contribution in [2.24, 2.45) is 5.92 Å². The molecule has 0 N–H and O–H groups in total. The van der Waals surface area contributed by atoms with E-state index >= 15 is 0 Å². The van der Waals surface area contributed by atoms with E-state index in [4.69, 9.17) is 15.0 Å². The maximum atomic E-state index is 5.02. The lowest BCUT2D eigenvalue weighted by Gasteiger charge is -2.32. The number of benzene rings is 5. The molecule has 2 aromatic heterocycles. The molecule has 2 aliphatic carbocycles. The van der Waals surface area contributed by atoms with E-state index < -0.39 is 0 Å². The highest BCUT2D eigenvalue weighted by atomic mass is 15.0. The third-order valence-electron chi connectivity index (χ3n) is 9.95. The van der Waals surface area contributed by atoms with Crippen LogP contribution in [0.1, 0.15) is 36.2 Å². The van der Waals surface area contributed by atoms with Gasteiger partial charge in [-0.3, -0.25) is 0 Å². The fourth-order valence-electron chi connectivity index (χ4n) is 7.65. The summed E-state index contributed by atoms with van der Waals surface area (Å²) in [6.45, 7) is 4.82. The maximum Gasteiger partial charge on any atom is 0.164 e. The van der Waals surface area contributed by atoms with Crippen molar-refractivity contribution in [2.45, 2.75) is 25.7 Å². The minimum Gasteiger partial charge on any atom is -0.313 e. The molecule has 5 aromatic carbocycles. The lowest BCUT2D eigenvalue weighted by Crippen LogP contribution is -2.27. The quantitative estimate of drug-likeness (QED) is 0.204. The summed E-state index contributed by atoms with van der Waals surface area (Å²) in [5, 5.41) is 1.29. The van der Waals surface area contributed by atoms with E-state index in [1.807, 2.05) is 60.7 Å². The van der Waals surface area contributed by atoms with Gasteiger partial charge >= 0.3 is 0 Å². The summed E-state index contributed by atoms with van der Waals surface area (Å²) in [5.41, 5.74) is 12.3. The number of rotatable bonds is 4. The van der Waals surface area contributed by atoms with Gasteiger partial charge in [-0.25, -0.2) is 15.0 Å². The minimum atomic E-state index is 0.0514. The van der Waals surface area contributed by atoms with Crippen LogP contribution in [0.25, 0.3) is 62.4 Å². The Balaban J connectivity index is 1.22. The zero-order chi connectivity index (χ0) is 30.8. The molecule has 1 atom stereocenters. The highest BCUT2D eigenvalue weighted by Gasteiger charge is 2.45. The summed E-state index contributed by atoms with van der Waals surface area (Å²) in [6.07, 6.45) is 3.45. The molecule has 0 spiro atoms. The molecule has 4 nitrogen and oxygen atoms in total. The zero-order valence-corrected chi connectivity index (χ0v) is 25.9. The van der Waals surface area contributed by atoms with Crippen molar-refractivity contribution in [2.75, 3.05) is 0 Å². The summed E-state index contributed by atoms with van der Waals surface area (Å²) in [4.78, 5) is 14.9. The first-order valence-corrected chi connectivity index (χ1v) is 16.0. The number of hydrogen-bond acceptors (Lipinski definition) is 3. The van der Waals surface area contributed by atoms with Crippen LogP contribution in [0.3, 0.4) is 0 Å². The summed E-state index contributed by atoms with van der Waals surface area (Å²) in [7, 11) is 0. The van der Waals surface area contributed by atoms with Crippen molar-refractivity contribution in [3.05, 3.63) is 156 Å². The lowest BCUT2D eigenvalue weighted by molar-refractivity contribution is 0.405. The fraction of sp³-hybridized carbons (Fsp3) is 0.119. The average Bonchev–Trinajstić information content (AvgIpc) is 3.56. The number of allylic oxidation sites excluding steroid dienone is 1. The van der Waals surface area contributed by atoms with Crippen LogP contribution in [-0.4, -0.2) is 19.5 Å². The van der Waals surface area contributed by atoms with Crippen molar-refractivity contribution in [1.29, 1.82) is 0 Å². The smallest absolute Gasteiger partial charge is 0.164 e. The van der Waals surface area contributed by atoms with Gasteiger partial charge in [0.2, 0.25) is 0 Å². The van der Waals surface area contributed by atoms with Gasteiger partial charge in [-0.1, -0.05) is 129 Å². The number of hydrogen-bond donors (Lipinski definition) is 0. The Hall–Kier alpha value is -5.61. The van der Waals surface area contributed by atoms with Crippen LogP contribution < -0.4 is 0 Å². The predicted molar refractivity (Wildman–Crippen MR) is 188 cm³/mol. The van der Waals surface area contributed by atoms with E-state index in [0.29, 0.717) is 23.4 Å². The monoisotopic (exact) mass is 592 g/mol. The molecular weight excluding hydrogens is 560 g/mol. The first-order valence-electron chi connectivity index (χ1n) is 16.0. The lowest BCUT2D eigenvalue weighted by atomic mass is 9.73. The first kappa shape index (κ1) is 26.8. The molecule has 0 saturated carbocycles. The molecule has 7 aromatic rings. The van der Waals surface area contributed by atoms with Crippen LogP contribution in [0.15, 0.2) is 133 Å². The normalized spacial score (nSPS) is 16.0. The second-order valence-electron chi connectivity index (χ2n) is 12.9. The fourth-order valence-corrected chi connectivity index (χ4v) is 7.65. The summed E-state index contributed by atoms with van der Waals surface area (Å²) in [5.74, 6) is 2.40. The Kier molecular flexibility index (Phi) is 5.94. The van der Waals surface area contributed by atoms with Crippen molar-refractivity contribution in [3.8, 4) is 39.9 Å². The van der Waals surface area contributed by atoms with Crippen LogP contribution in [0, 0.1) is 5.92 Å². The molecule has 220 valence electrons. The van der Waals surface area contributed by atoms with Gasteiger partial charge < -0.3 is 4.57 Å². The maximum absolute atomic E-state index is 5.02. The molecule has 4 heteroatoms. The largest absolute Gasteiger partial charge is 0.313 e. The molecule has 0 fully saturated rings. The van der Waals surface area contributed by atoms with Gasteiger partial charge in [0.05, 0.1) is 5.52 Å². The van der Waals surface area contributed by atoms with Crippen molar-refractivity contribution in [1.82, 2.24) is 19.5 Å². The second-order valence-corrected chi connectivity index (χ2v) is 12.9. The Morgan fingerprint density at radius 2 is 1.20 bits per heavy atom. The summed E-state index contributed by atoms with van der Waals surface area (Å²) >= 11 is 0. The molecular formula is C42H32N4. The zero-order valence-electron chi connectivity index (χ0n) is 25.9.